The van der Waals surface area contributed by atoms with Crippen molar-refractivity contribution in [1.29, 1.82) is 5.26 Å². The Labute approximate surface area is 182 Å². The summed E-state index contributed by atoms with van der Waals surface area (Å²) in [6.07, 6.45) is 0.528. The second kappa shape index (κ2) is 9.36. The lowest BCUT2D eigenvalue weighted by molar-refractivity contribution is -0.122. The molecular formula is C22H20N4O4S. The minimum atomic E-state index is -0.800. The van der Waals surface area contributed by atoms with Crippen LogP contribution in [0, 0.1) is 11.3 Å². The molecule has 0 fully saturated rings. The van der Waals surface area contributed by atoms with E-state index in [1.807, 2.05) is 35.7 Å². The zero-order valence-corrected chi connectivity index (χ0v) is 17.3. The van der Waals surface area contributed by atoms with Crippen LogP contribution in [0.2, 0.25) is 0 Å². The highest BCUT2D eigenvalue weighted by Crippen LogP contribution is 2.34. The van der Waals surface area contributed by atoms with Crippen molar-refractivity contribution in [1.82, 2.24) is 10.6 Å². The predicted octanol–water partition coefficient (Wildman–Crippen LogP) is 3.39. The maximum atomic E-state index is 12.7. The standard InChI is InChI=1S/C22H20N4O4S/c23-8-3-9-24-21(27)17(10-14-12-31-20-5-2-1-4-16(14)20)26-22(28)25-15-6-7-18-19(11-15)30-13-29-18/h1-2,4-7,11-12,17H,3,9-10,13H2,(H,24,27)(H2,25,26,28). The quantitative estimate of drug-likeness (QED) is 0.492. The van der Waals surface area contributed by atoms with Crippen LogP contribution in [0.5, 0.6) is 11.5 Å². The van der Waals surface area contributed by atoms with Crippen LogP contribution >= 0.6 is 11.3 Å². The zero-order chi connectivity index (χ0) is 21.6. The van der Waals surface area contributed by atoms with Gasteiger partial charge < -0.3 is 25.4 Å². The fourth-order valence-corrected chi connectivity index (χ4v) is 4.26. The molecule has 31 heavy (non-hydrogen) atoms. The minimum absolute atomic E-state index is 0.143. The summed E-state index contributed by atoms with van der Waals surface area (Å²) in [5, 5.41) is 20.0. The van der Waals surface area contributed by atoms with Crippen LogP contribution in [0.3, 0.4) is 0 Å². The van der Waals surface area contributed by atoms with Crippen molar-refractivity contribution in [2.24, 2.45) is 0 Å². The Morgan fingerprint density at radius 2 is 2.00 bits per heavy atom. The number of nitrogens with zero attached hydrogens (tertiary/aromatic N) is 1. The van der Waals surface area contributed by atoms with Crippen LogP contribution in [0.1, 0.15) is 12.0 Å². The number of rotatable bonds is 7. The number of benzene rings is 2. The first-order valence-electron chi connectivity index (χ1n) is 9.71. The van der Waals surface area contributed by atoms with Gasteiger partial charge in [0.25, 0.3) is 0 Å². The molecule has 0 saturated carbocycles. The summed E-state index contributed by atoms with van der Waals surface area (Å²) in [4.78, 5) is 25.4. The Kier molecular flexibility index (Phi) is 6.19. The maximum Gasteiger partial charge on any atom is 0.319 e. The van der Waals surface area contributed by atoms with Crippen LogP contribution in [0.25, 0.3) is 10.1 Å². The number of hydrogen-bond donors (Lipinski definition) is 3. The number of fused-ring (bicyclic) bond motifs is 2. The van der Waals surface area contributed by atoms with E-state index < -0.39 is 12.1 Å². The number of ether oxygens (including phenoxy) is 2. The number of carbonyl (C=O) groups excluding carboxylic acids is 2. The van der Waals surface area contributed by atoms with Gasteiger partial charge >= 0.3 is 6.03 Å². The molecule has 1 aliphatic heterocycles. The molecular weight excluding hydrogens is 416 g/mol. The van der Waals surface area contributed by atoms with Crippen LogP contribution in [0.4, 0.5) is 10.5 Å². The van der Waals surface area contributed by atoms with Crippen molar-refractivity contribution >= 4 is 39.0 Å². The topological polar surface area (TPSA) is 112 Å². The third kappa shape index (κ3) is 4.87. The van der Waals surface area contributed by atoms with Gasteiger partial charge in [-0.25, -0.2) is 4.79 Å². The highest BCUT2D eigenvalue weighted by atomic mass is 32.1. The summed E-state index contributed by atoms with van der Waals surface area (Å²) in [6, 6.07) is 13.7. The van der Waals surface area contributed by atoms with Crippen molar-refractivity contribution in [3.05, 3.63) is 53.4 Å². The number of urea groups is 1. The summed E-state index contributed by atoms with van der Waals surface area (Å²) >= 11 is 1.59. The van der Waals surface area contributed by atoms with E-state index in [1.54, 1.807) is 29.5 Å². The SMILES string of the molecule is N#CCCNC(=O)C(Cc1csc2ccccc12)NC(=O)Nc1ccc2c(c1)OCO2. The second-order valence-electron chi connectivity index (χ2n) is 6.88. The van der Waals surface area contributed by atoms with Gasteiger partial charge in [0.2, 0.25) is 12.7 Å². The van der Waals surface area contributed by atoms with Crippen molar-refractivity contribution in [2.45, 2.75) is 18.9 Å². The van der Waals surface area contributed by atoms with Crippen molar-refractivity contribution < 1.29 is 19.1 Å². The minimum Gasteiger partial charge on any atom is -0.454 e. The number of carbonyl (C=O) groups is 2. The zero-order valence-electron chi connectivity index (χ0n) is 16.5. The molecule has 2 heterocycles. The van der Waals surface area contributed by atoms with E-state index in [0.29, 0.717) is 23.6 Å². The van der Waals surface area contributed by atoms with Gasteiger partial charge in [0.15, 0.2) is 11.5 Å². The smallest absolute Gasteiger partial charge is 0.319 e. The van der Waals surface area contributed by atoms with Crippen LogP contribution in [-0.2, 0) is 11.2 Å². The van der Waals surface area contributed by atoms with E-state index in [0.717, 1.165) is 15.6 Å². The van der Waals surface area contributed by atoms with Gasteiger partial charge in [0, 0.05) is 29.4 Å². The van der Waals surface area contributed by atoms with Gasteiger partial charge in [-0.1, -0.05) is 18.2 Å². The molecule has 1 aliphatic rings. The monoisotopic (exact) mass is 436 g/mol. The number of nitrogens with one attached hydrogen (secondary N) is 3. The van der Waals surface area contributed by atoms with E-state index in [1.165, 1.54) is 0 Å². The molecule has 158 valence electrons. The van der Waals surface area contributed by atoms with Crippen molar-refractivity contribution in [2.75, 3.05) is 18.7 Å². The largest absolute Gasteiger partial charge is 0.454 e. The van der Waals surface area contributed by atoms with Gasteiger partial charge in [0.1, 0.15) is 6.04 Å². The van der Waals surface area contributed by atoms with E-state index in [4.69, 9.17) is 14.7 Å². The number of nitriles is 1. The third-order valence-electron chi connectivity index (χ3n) is 4.77. The molecule has 4 rings (SSSR count). The Balaban J connectivity index is 1.47. The van der Waals surface area contributed by atoms with Gasteiger partial charge in [-0.3, -0.25) is 4.79 Å². The molecule has 1 atom stereocenters. The van der Waals surface area contributed by atoms with Gasteiger partial charge in [-0.15, -0.1) is 11.3 Å². The molecule has 0 spiro atoms. The summed E-state index contributed by atoms with van der Waals surface area (Å²) in [6.45, 7) is 0.367. The normalized spacial score (nSPS) is 12.7. The molecule has 1 unspecified atom stereocenters. The molecule has 9 heteroatoms. The fraction of sp³-hybridized carbons (Fsp3) is 0.227. The first-order chi connectivity index (χ1) is 15.1. The predicted molar refractivity (Wildman–Crippen MR) is 117 cm³/mol. The second-order valence-corrected chi connectivity index (χ2v) is 7.79. The fourth-order valence-electron chi connectivity index (χ4n) is 3.28. The first kappa shape index (κ1) is 20.5. The van der Waals surface area contributed by atoms with Gasteiger partial charge in [0.05, 0.1) is 12.5 Å². The lowest BCUT2D eigenvalue weighted by Crippen LogP contribution is -2.49. The van der Waals surface area contributed by atoms with Gasteiger partial charge in [-0.2, -0.15) is 5.26 Å². The Morgan fingerprint density at radius 1 is 1.16 bits per heavy atom. The number of anilines is 1. The van der Waals surface area contributed by atoms with Crippen LogP contribution < -0.4 is 25.4 Å². The van der Waals surface area contributed by atoms with Crippen LogP contribution in [-0.4, -0.2) is 31.3 Å². The number of amides is 3. The molecule has 0 saturated heterocycles. The molecule has 2 aromatic carbocycles. The van der Waals surface area contributed by atoms with Crippen molar-refractivity contribution in [3.63, 3.8) is 0 Å². The molecule has 0 aliphatic carbocycles. The highest BCUT2D eigenvalue weighted by Gasteiger charge is 2.23. The number of hydrogen-bond acceptors (Lipinski definition) is 6. The lowest BCUT2D eigenvalue weighted by atomic mass is 10.0. The maximum absolute atomic E-state index is 12.7. The van der Waals surface area contributed by atoms with E-state index in [-0.39, 0.29) is 25.7 Å². The molecule has 3 amide bonds. The Morgan fingerprint density at radius 3 is 2.87 bits per heavy atom. The average molecular weight is 436 g/mol. The van der Waals surface area contributed by atoms with Crippen molar-refractivity contribution in [3.8, 4) is 17.6 Å². The molecule has 0 bridgehead atoms. The highest BCUT2D eigenvalue weighted by molar-refractivity contribution is 7.17. The summed E-state index contributed by atoms with van der Waals surface area (Å²) in [7, 11) is 0. The summed E-state index contributed by atoms with van der Waals surface area (Å²) in [5.41, 5.74) is 1.50. The molecule has 8 nitrogen and oxygen atoms in total. The van der Waals surface area contributed by atoms with E-state index >= 15 is 0 Å². The number of thiophene rings is 1. The molecule has 3 aromatic rings. The summed E-state index contributed by atoms with van der Waals surface area (Å²) in [5.74, 6) is 0.824. The van der Waals surface area contributed by atoms with Crippen LogP contribution in [0.15, 0.2) is 47.8 Å². The first-order valence-corrected chi connectivity index (χ1v) is 10.6. The average Bonchev–Trinajstić information content (AvgIpc) is 3.40. The molecule has 1 aromatic heterocycles. The Bertz CT molecular complexity index is 1150. The molecule has 0 radical (unpaired) electrons. The summed E-state index contributed by atoms with van der Waals surface area (Å²) < 4.78 is 11.7. The van der Waals surface area contributed by atoms with E-state index in [9.17, 15) is 9.59 Å². The third-order valence-corrected chi connectivity index (χ3v) is 5.79. The molecule has 3 N–H and O–H groups in total. The van der Waals surface area contributed by atoms with Gasteiger partial charge in [-0.05, 0) is 34.5 Å². The Hall–Kier alpha value is -3.77. The lowest BCUT2D eigenvalue weighted by Gasteiger charge is -2.18. The van der Waals surface area contributed by atoms with E-state index in [2.05, 4.69) is 16.0 Å².